The molecule has 1 amide bonds. The molecule has 2 aromatic rings. The van der Waals surface area contributed by atoms with Gasteiger partial charge in [0.15, 0.2) is 17.2 Å². The molecule has 1 aromatic heterocycles. The van der Waals surface area contributed by atoms with Gasteiger partial charge in [0.25, 0.3) is 5.91 Å². The molecule has 1 aliphatic carbocycles. The average molecular weight is 388 g/mol. The van der Waals surface area contributed by atoms with Crippen LogP contribution in [0.3, 0.4) is 0 Å². The van der Waals surface area contributed by atoms with Crippen LogP contribution in [0.4, 0.5) is 4.39 Å². The second kappa shape index (κ2) is 8.24. The maximum Gasteiger partial charge on any atom is 0.328 e. The minimum Gasteiger partial charge on any atom is -0.503 e. The molecule has 8 heteroatoms. The first kappa shape index (κ1) is 19.6. The van der Waals surface area contributed by atoms with Gasteiger partial charge in [-0.15, -0.1) is 0 Å². The maximum atomic E-state index is 13.3. The van der Waals surface area contributed by atoms with Gasteiger partial charge in [-0.25, -0.2) is 14.2 Å². The van der Waals surface area contributed by atoms with Gasteiger partial charge in [-0.1, -0.05) is 6.07 Å². The highest BCUT2D eigenvalue weighted by Crippen LogP contribution is 2.27. The molecule has 1 heterocycles. The fourth-order valence-corrected chi connectivity index (χ4v) is 3.15. The standard InChI is InChI=1S/C20H21FN2O5/c1-11(23-19(25)17-18(24)16(27-2)7-8-22-17)20(26)28-15-6-4-12-9-14(21)5-3-13(12)10-15/h3,5,7-9,11,15,24H,4,6,10H2,1-2H3,(H,23,25)/t11-,15?/m0/s1. The molecular formula is C20H21FN2O5. The molecular weight excluding hydrogens is 367 g/mol. The lowest BCUT2D eigenvalue weighted by molar-refractivity contribution is -0.151. The lowest BCUT2D eigenvalue weighted by Crippen LogP contribution is -2.42. The number of amides is 1. The number of aryl methyl sites for hydroxylation is 1. The van der Waals surface area contributed by atoms with Crippen molar-refractivity contribution in [1.82, 2.24) is 10.3 Å². The van der Waals surface area contributed by atoms with Crippen molar-refractivity contribution in [2.75, 3.05) is 7.11 Å². The molecule has 0 aliphatic heterocycles. The minimum atomic E-state index is -0.936. The van der Waals surface area contributed by atoms with Gasteiger partial charge in [-0.05, 0) is 43.0 Å². The molecule has 1 aromatic carbocycles. The van der Waals surface area contributed by atoms with Crippen molar-refractivity contribution in [3.05, 3.63) is 53.1 Å². The van der Waals surface area contributed by atoms with Crippen LogP contribution in [0.2, 0.25) is 0 Å². The summed E-state index contributed by atoms with van der Waals surface area (Å²) in [6.07, 6.45) is 2.68. The highest BCUT2D eigenvalue weighted by molar-refractivity contribution is 5.97. The average Bonchev–Trinajstić information content (AvgIpc) is 2.68. The molecule has 2 atom stereocenters. The number of hydrogen-bond acceptors (Lipinski definition) is 6. The Morgan fingerprint density at radius 3 is 2.86 bits per heavy atom. The number of esters is 1. The molecule has 7 nitrogen and oxygen atoms in total. The third kappa shape index (κ3) is 4.21. The molecule has 148 valence electrons. The Balaban J connectivity index is 1.59. The predicted octanol–water partition coefficient (Wildman–Crippen LogP) is 2.15. The zero-order valence-corrected chi connectivity index (χ0v) is 15.6. The predicted molar refractivity (Wildman–Crippen MR) is 97.7 cm³/mol. The molecule has 1 unspecified atom stereocenters. The van der Waals surface area contributed by atoms with Crippen LogP contribution < -0.4 is 10.1 Å². The number of nitrogens with zero attached hydrogens (tertiary/aromatic N) is 1. The number of aromatic hydroxyl groups is 1. The summed E-state index contributed by atoms with van der Waals surface area (Å²) in [7, 11) is 1.35. The van der Waals surface area contributed by atoms with E-state index in [-0.39, 0.29) is 23.4 Å². The van der Waals surface area contributed by atoms with Crippen molar-refractivity contribution in [1.29, 1.82) is 0 Å². The zero-order chi connectivity index (χ0) is 20.3. The van der Waals surface area contributed by atoms with E-state index in [0.29, 0.717) is 19.3 Å². The van der Waals surface area contributed by atoms with Gasteiger partial charge in [-0.2, -0.15) is 0 Å². The molecule has 0 bridgehead atoms. The monoisotopic (exact) mass is 388 g/mol. The van der Waals surface area contributed by atoms with Gasteiger partial charge in [0.1, 0.15) is 18.0 Å². The third-order valence-corrected chi connectivity index (χ3v) is 4.66. The van der Waals surface area contributed by atoms with Crippen molar-refractivity contribution in [3.8, 4) is 11.5 Å². The number of halogens is 1. The van der Waals surface area contributed by atoms with E-state index in [1.54, 1.807) is 6.07 Å². The number of hydrogen-bond donors (Lipinski definition) is 2. The van der Waals surface area contributed by atoms with Gasteiger partial charge in [0, 0.05) is 18.7 Å². The van der Waals surface area contributed by atoms with Crippen molar-refractivity contribution in [3.63, 3.8) is 0 Å². The summed E-state index contributed by atoms with van der Waals surface area (Å²) < 4.78 is 23.7. The Kier molecular flexibility index (Phi) is 5.77. The van der Waals surface area contributed by atoms with Crippen molar-refractivity contribution >= 4 is 11.9 Å². The number of carbonyl (C=O) groups excluding carboxylic acids is 2. The van der Waals surface area contributed by atoms with Crippen molar-refractivity contribution in [2.24, 2.45) is 0 Å². The number of rotatable bonds is 5. The second-order valence-electron chi connectivity index (χ2n) is 6.62. The largest absolute Gasteiger partial charge is 0.503 e. The fourth-order valence-electron chi connectivity index (χ4n) is 3.15. The molecule has 0 saturated carbocycles. The third-order valence-electron chi connectivity index (χ3n) is 4.66. The summed E-state index contributed by atoms with van der Waals surface area (Å²) in [4.78, 5) is 28.5. The van der Waals surface area contributed by atoms with E-state index >= 15 is 0 Å². The van der Waals surface area contributed by atoms with Gasteiger partial charge < -0.3 is 19.9 Å². The summed E-state index contributed by atoms with van der Waals surface area (Å²) in [6.45, 7) is 1.49. The number of ether oxygens (including phenoxy) is 2. The normalized spacial score (nSPS) is 16.6. The summed E-state index contributed by atoms with van der Waals surface area (Å²) in [5.74, 6) is -1.89. The molecule has 0 radical (unpaired) electrons. The van der Waals surface area contributed by atoms with Gasteiger partial charge in [0.05, 0.1) is 7.11 Å². The van der Waals surface area contributed by atoms with E-state index in [1.807, 2.05) is 0 Å². The first-order valence-electron chi connectivity index (χ1n) is 8.89. The molecule has 28 heavy (non-hydrogen) atoms. The zero-order valence-electron chi connectivity index (χ0n) is 15.6. The quantitative estimate of drug-likeness (QED) is 0.762. The van der Waals surface area contributed by atoms with Crippen LogP contribution in [0.25, 0.3) is 0 Å². The number of benzene rings is 1. The number of pyridine rings is 1. The van der Waals surface area contributed by atoms with E-state index in [1.165, 1.54) is 38.4 Å². The van der Waals surface area contributed by atoms with E-state index < -0.39 is 23.7 Å². The number of carbonyl (C=O) groups is 2. The number of nitrogens with one attached hydrogen (secondary N) is 1. The van der Waals surface area contributed by atoms with Crippen LogP contribution in [0.5, 0.6) is 11.5 Å². The summed E-state index contributed by atoms with van der Waals surface area (Å²) in [6, 6.07) is 5.07. The smallest absolute Gasteiger partial charge is 0.328 e. The molecule has 2 N–H and O–H groups in total. The van der Waals surface area contributed by atoms with Crippen LogP contribution >= 0.6 is 0 Å². The first-order chi connectivity index (χ1) is 13.4. The fraction of sp³-hybridized carbons (Fsp3) is 0.350. The topological polar surface area (TPSA) is 97.8 Å². The Morgan fingerprint density at radius 1 is 1.32 bits per heavy atom. The molecule has 0 saturated heterocycles. The number of aromatic nitrogens is 1. The Labute approximate surface area is 161 Å². The Hall–Kier alpha value is -3.16. The summed E-state index contributed by atoms with van der Waals surface area (Å²) in [5, 5.41) is 12.5. The SMILES string of the molecule is COc1ccnc(C(=O)N[C@@H](C)C(=O)OC2CCc3cc(F)ccc3C2)c1O. The van der Waals surface area contributed by atoms with Gasteiger partial charge in [-0.3, -0.25) is 4.79 Å². The van der Waals surface area contributed by atoms with E-state index in [0.717, 1.165) is 11.1 Å². The summed E-state index contributed by atoms with van der Waals surface area (Å²) >= 11 is 0. The van der Waals surface area contributed by atoms with Gasteiger partial charge in [0.2, 0.25) is 0 Å². The lowest BCUT2D eigenvalue weighted by Gasteiger charge is -2.26. The number of fused-ring (bicyclic) bond motifs is 1. The van der Waals surface area contributed by atoms with E-state index in [9.17, 15) is 19.1 Å². The highest BCUT2D eigenvalue weighted by atomic mass is 19.1. The Bertz CT molecular complexity index is 902. The Morgan fingerprint density at radius 2 is 2.11 bits per heavy atom. The first-order valence-corrected chi connectivity index (χ1v) is 8.89. The second-order valence-corrected chi connectivity index (χ2v) is 6.62. The highest BCUT2D eigenvalue weighted by Gasteiger charge is 2.27. The molecule has 1 aliphatic rings. The molecule has 0 fully saturated rings. The van der Waals surface area contributed by atoms with E-state index in [2.05, 4.69) is 10.3 Å². The number of methoxy groups -OCH3 is 1. The van der Waals surface area contributed by atoms with E-state index in [4.69, 9.17) is 9.47 Å². The van der Waals surface area contributed by atoms with Crippen LogP contribution in [0.15, 0.2) is 30.5 Å². The van der Waals surface area contributed by atoms with Crippen LogP contribution in [-0.4, -0.2) is 41.2 Å². The van der Waals surface area contributed by atoms with Crippen molar-refractivity contribution in [2.45, 2.75) is 38.3 Å². The summed E-state index contributed by atoms with van der Waals surface area (Å²) in [5.41, 5.74) is 1.63. The lowest BCUT2D eigenvalue weighted by atomic mass is 9.89. The minimum absolute atomic E-state index is 0.104. The molecule has 0 spiro atoms. The molecule has 3 rings (SSSR count). The van der Waals surface area contributed by atoms with Crippen LogP contribution in [-0.2, 0) is 22.4 Å². The van der Waals surface area contributed by atoms with Crippen LogP contribution in [0.1, 0.15) is 35.0 Å². The van der Waals surface area contributed by atoms with Gasteiger partial charge >= 0.3 is 5.97 Å². The van der Waals surface area contributed by atoms with Crippen LogP contribution in [0, 0.1) is 5.82 Å². The maximum absolute atomic E-state index is 13.3. The van der Waals surface area contributed by atoms with Crippen molar-refractivity contribution < 1.29 is 28.6 Å².